The highest BCUT2D eigenvalue weighted by Crippen LogP contribution is 2.21. The summed E-state index contributed by atoms with van der Waals surface area (Å²) in [4.78, 5) is 3.95. The summed E-state index contributed by atoms with van der Waals surface area (Å²) < 4.78 is 35.2. The SMILES string of the molecule is CCNC(=NCCCCC(F)(F)F)NN. The molecule has 0 fully saturated rings. The van der Waals surface area contributed by atoms with Crippen LogP contribution in [-0.4, -0.2) is 25.2 Å². The normalized spacial score (nSPS) is 12.7. The number of aliphatic imine (C=N–C) groups is 1. The van der Waals surface area contributed by atoms with Gasteiger partial charge in [-0.15, -0.1) is 0 Å². The van der Waals surface area contributed by atoms with Gasteiger partial charge in [-0.05, 0) is 19.8 Å². The highest BCUT2D eigenvalue weighted by Gasteiger charge is 2.25. The predicted octanol–water partition coefficient (Wildman–Crippen LogP) is 1.15. The molecule has 90 valence electrons. The molecule has 0 aromatic heterocycles. The van der Waals surface area contributed by atoms with E-state index >= 15 is 0 Å². The van der Waals surface area contributed by atoms with Gasteiger partial charge in [-0.3, -0.25) is 10.4 Å². The van der Waals surface area contributed by atoms with Crippen molar-refractivity contribution < 1.29 is 13.2 Å². The Kier molecular flexibility index (Phi) is 6.85. The molecule has 0 aromatic rings. The minimum Gasteiger partial charge on any atom is -0.356 e. The monoisotopic (exact) mass is 226 g/mol. The molecule has 0 aliphatic heterocycles. The van der Waals surface area contributed by atoms with Crippen LogP contribution in [0.2, 0.25) is 0 Å². The van der Waals surface area contributed by atoms with Gasteiger partial charge in [-0.2, -0.15) is 13.2 Å². The Morgan fingerprint density at radius 2 is 2.00 bits per heavy atom. The summed E-state index contributed by atoms with van der Waals surface area (Å²) in [5, 5.41) is 2.83. The summed E-state index contributed by atoms with van der Waals surface area (Å²) >= 11 is 0. The maximum Gasteiger partial charge on any atom is 0.389 e. The summed E-state index contributed by atoms with van der Waals surface area (Å²) in [6, 6.07) is 0. The zero-order valence-corrected chi connectivity index (χ0v) is 8.69. The fourth-order valence-electron chi connectivity index (χ4n) is 0.948. The van der Waals surface area contributed by atoms with Crippen LogP contribution >= 0.6 is 0 Å². The lowest BCUT2D eigenvalue weighted by Crippen LogP contribution is -2.41. The van der Waals surface area contributed by atoms with Crippen molar-refractivity contribution >= 4 is 5.96 Å². The molecule has 4 N–H and O–H groups in total. The van der Waals surface area contributed by atoms with Crippen molar-refractivity contribution in [1.82, 2.24) is 10.7 Å². The van der Waals surface area contributed by atoms with E-state index in [1.54, 1.807) is 0 Å². The molecular formula is C8H17F3N4. The number of nitrogens with two attached hydrogens (primary N) is 1. The summed E-state index contributed by atoms with van der Waals surface area (Å²) in [6.45, 7) is 2.87. The van der Waals surface area contributed by atoms with E-state index in [9.17, 15) is 13.2 Å². The molecule has 0 spiro atoms. The number of alkyl halides is 3. The standard InChI is InChI=1S/C8H17F3N4/c1-2-13-7(15-12)14-6-4-3-5-8(9,10)11/h2-6,12H2,1H3,(H2,13,14,15). The number of rotatable bonds is 5. The zero-order chi connectivity index (χ0) is 11.7. The van der Waals surface area contributed by atoms with Crippen molar-refractivity contribution in [2.45, 2.75) is 32.4 Å². The first-order chi connectivity index (χ1) is 6.99. The molecule has 0 heterocycles. The second-order valence-corrected chi connectivity index (χ2v) is 2.98. The van der Waals surface area contributed by atoms with Crippen LogP contribution in [0.4, 0.5) is 13.2 Å². The van der Waals surface area contributed by atoms with Crippen LogP contribution in [0.1, 0.15) is 26.2 Å². The topological polar surface area (TPSA) is 62.4 Å². The zero-order valence-electron chi connectivity index (χ0n) is 8.69. The van der Waals surface area contributed by atoms with Crippen LogP contribution in [0.15, 0.2) is 4.99 Å². The second kappa shape index (κ2) is 7.33. The first-order valence-corrected chi connectivity index (χ1v) is 4.81. The lowest BCUT2D eigenvalue weighted by atomic mass is 10.2. The van der Waals surface area contributed by atoms with E-state index in [0.29, 0.717) is 25.5 Å². The van der Waals surface area contributed by atoms with Gasteiger partial charge < -0.3 is 5.32 Å². The molecule has 0 aromatic carbocycles. The number of hydrogen-bond acceptors (Lipinski definition) is 2. The average molecular weight is 226 g/mol. The van der Waals surface area contributed by atoms with Crippen LogP contribution in [0, 0.1) is 0 Å². The van der Waals surface area contributed by atoms with Gasteiger partial charge in [0, 0.05) is 19.5 Å². The van der Waals surface area contributed by atoms with Gasteiger partial charge in [0.1, 0.15) is 0 Å². The number of nitrogens with zero attached hydrogens (tertiary/aromatic N) is 1. The van der Waals surface area contributed by atoms with Crippen molar-refractivity contribution in [2.75, 3.05) is 13.1 Å². The highest BCUT2D eigenvalue weighted by molar-refractivity contribution is 5.78. The van der Waals surface area contributed by atoms with Crippen LogP contribution in [-0.2, 0) is 0 Å². The number of nitrogens with one attached hydrogen (secondary N) is 2. The van der Waals surface area contributed by atoms with Gasteiger partial charge in [-0.25, -0.2) is 5.84 Å². The van der Waals surface area contributed by atoms with Crippen LogP contribution in [0.25, 0.3) is 0 Å². The van der Waals surface area contributed by atoms with Crippen LogP contribution < -0.4 is 16.6 Å². The van der Waals surface area contributed by atoms with E-state index in [1.165, 1.54) is 0 Å². The van der Waals surface area contributed by atoms with Crippen molar-refractivity contribution in [3.05, 3.63) is 0 Å². The third-order valence-electron chi connectivity index (χ3n) is 1.62. The van der Waals surface area contributed by atoms with Crippen LogP contribution in [0.5, 0.6) is 0 Å². The van der Waals surface area contributed by atoms with Crippen molar-refractivity contribution in [3.63, 3.8) is 0 Å². The smallest absolute Gasteiger partial charge is 0.356 e. The Bertz CT molecular complexity index is 191. The number of hydrazine groups is 1. The maximum atomic E-state index is 11.7. The van der Waals surface area contributed by atoms with Gasteiger partial charge in [0.2, 0.25) is 5.96 Å². The molecule has 0 saturated carbocycles. The maximum absolute atomic E-state index is 11.7. The van der Waals surface area contributed by atoms with E-state index in [0.717, 1.165) is 0 Å². The number of hydrogen-bond donors (Lipinski definition) is 3. The van der Waals surface area contributed by atoms with Crippen molar-refractivity contribution in [2.24, 2.45) is 10.8 Å². The molecule has 4 nitrogen and oxygen atoms in total. The lowest BCUT2D eigenvalue weighted by Gasteiger charge is -2.07. The molecular weight excluding hydrogens is 209 g/mol. The van der Waals surface area contributed by atoms with Gasteiger partial charge in [0.15, 0.2) is 0 Å². The third kappa shape index (κ3) is 9.33. The molecule has 0 aliphatic carbocycles. The second-order valence-electron chi connectivity index (χ2n) is 2.98. The van der Waals surface area contributed by atoms with Gasteiger partial charge in [-0.1, -0.05) is 0 Å². The molecule has 0 atom stereocenters. The molecule has 0 saturated heterocycles. The molecule has 0 rings (SSSR count). The fraction of sp³-hybridized carbons (Fsp3) is 0.875. The first-order valence-electron chi connectivity index (χ1n) is 4.81. The Morgan fingerprint density at radius 1 is 1.33 bits per heavy atom. The molecule has 0 amide bonds. The molecule has 15 heavy (non-hydrogen) atoms. The quantitative estimate of drug-likeness (QED) is 0.217. The molecule has 0 unspecified atom stereocenters. The number of guanidine groups is 1. The van der Waals surface area contributed by atoms with Gasteiger partial charge in [0.05, 0.1) is 0 Å². The van der Waals surface area contributed by atoms with E-state index in [4.69, 9.17) is 5.84 Å². The first kappa shape index (κ1) is 14.0. The van der Waals surface area contributed by atoms with E-state index in [1.807, 2.05) is 6.92 Å². The minimum atomic E-state index is -4.07. The fourth-order valence-corrected chi connectivity index (χ4v) is 0.948. The van der Waals surface area contributed by atoms with Gasteiger partial charge >= 0.3 is 6.18 Å². The van der Waals surface area contributed by atoms with Crippen molar-refractivity contribution in [1.29, 1.82) is 0 Å². The van der Waals surface area contributed by atoms with Crippen LogP contribution in [0.3, 0.4) is 0 Å². The molecule has 0 aliphatic rings. The summed E-state index contributed by atoms with van der Waals surface area (Å²) in [5.41, 5.74) is 2.33. The Hall–Kier alpha value is -0.980. The number of halogens is 3. The highest BCUT2D eigenvalue weighted by atomic mass is 19.4. The molecule has 0 radical (unpaired) electrons. The lowest BCUT2D eigenvalue weighted by molar-refractivity contribution is -0.135. The summed E-state index contributed by atoms with van der Waals surface area (Å²) in [7, 11) is 0. The average Bonchev–Trinajstić information content (AvgIpc) is 2.14. The number of unbranched alkanes of at least 4 members (excludes halogenated alkanes) is 1. The van der Waals surface area contributed by atoms with Gasteiger partial charge in [0.25, 0.3) is 0 Å². The summed E-state index contributed by atoms with van der Waals surface area (Å²) in [6.07, 6.45) is -4.33. The third-order valence-corrected chi connectivity index (χ3v) is 1.62. The van der Waals surface area contributed by atoms with E-state index in [2.05, 4.69) is 15.7 Å². The van der Waals surface area contributed by atoms with Crippen molar-refractivity contribution in [3.8, 4) is 0 Å². The predicted molar refractivity (Wildman–Crippen MR) is 53.2 cm³/mol. The van der Waals surface area contributed by atoms with E-state index < -0.39 is 12.6 Å². The Balaban J connectivity index is 3.59. The molecule has 0 bridgehead atoms. The Morgan fingerprint density at radius 3 is 2.47 bits per heavy atom. The Labute approximate surface area is 87.1 Å². The summed E-state index contributed by atoms with van der Waals surface area (Å²) in [5.74, 6) is 5.53. The molecule has 7 heteroatoms. The largest absolute Gasteiger partial charge is 0.389 e. The minimum absolute atomic E-state index is 0.0942. The van der Waals surface area contributed by atoms with E-state index in [-0.39, 0.29) is 6.42 Å².